The number of carbonyl (C=O) groups is 1. The molecule has 0 spiro atoms. The molecule has 0 aromatic carbocycles. The topological polar surface area (TPSA) is 58.8 Å². The summed E-state index contributed by atoms with van der Waals surface area (Å²) in [4.78, 5) is 16.1. The van der Waals surface area contributed by atoms with Crippen molar-refractivity contribution in [3.8, 4) is 0 Å². The standard InChI is InChI=1S/C19H32ClN3O2/c1-6-8-9-10-15(20)17(16(21)7-2)22-11-13-23(14-12-22)18(24)25-19(3,4)5/h7,9-10H,6,8,11-14,21H2,1-5H3/b10-9+,16-7+,17-15-. The number of nitrogens with two attached hydrogens (primary N) is 1. The summed E-state index contributed by atoms with van der Waals surface area (Å²) in [6.07, 6.45) is 7.60. The zero-order valence-electron chi connectivity index (χ0n) is 16.1. The van der Waals surface area contributed by atoms with Crippen molar-refractivity contribution < 1.29 is 9.53 Å². The summed E-state index contributed by atoms with van der Waals surface area (Å²) in [5, 5.41) is 0.634. The van der Waals surface area contributed by atoms with Crippen LogP contribution in [0.1, 0.15) is 47.5 Å². The van der Waals surface area contributed by atoms with Crippen LogP contribution in [0.4, 0.5) is 4.79 Å². The van der Waals surface area contributed by atoms with Crippen molar-refractivity contribution >= 4 is 17.7 Å². The fourth-order valence-electron chi connectivity index (χ4n) is 2.48. The number of unbranched alkanes of at least 4 members (excludes halogenated alkanes) is 1. The Morgan fingerprint density at radius 2 is 1.76 bits per heavy atom. The Morgan fingerprint density at radius 1 is 1.20 bits per heavy atom. The number of carbonyl (C=O) groups excluding carboxylic acids is 1. The molecule has 1 fully saturated rings. The van der Waals surface area contributed by atoms with E-state index in [1.165, 1.54) is 0 Å². The van der Waals surface area contributed by atoms with E-state index in [2.05, 4.69) is 17.9 Å². The van der Waals surface area contributed by atoms with Gasteiger partial charge in [-0.2, -0.15) is 0 Å². The molecule has 0 aromatic rings. The minimum Gasteiger partial charge on any atom is -0.444 e. The van der Waals surface area contributed by atoms with Gasteiger partial charge < -0.3 is 20.3 Å². The van der Waals surface area contributed by atoms with Crippen molar-refractivity contribution in [3.05, 3.63) is 34.7 Å². The summed E-state index contributed by atoms with van der Waals surface area (Å²) in [5.41, 5.74) is 7.17. The summed E-state index contributed by atoms with van der Waals surface area (Å²) in [6.45, 7) is 12.1. The Hall–Kier alpha value is -1.62. The fourth-order valence-corrected chi connectivity index (χ4v) is 2.80. The van der Waals surface area contributed by atoms with Crippen LogP contribution >= 0.6 is 11.6 Å². The van der Waals surface area contributed by atoms with E-state index >= 15 is 0 Å². The highest BCUT2D eigenvalue weighted by molar-refractivity contribution is 6.31. The molecular formula is C19H32ClN3O2. The smallest absolute Gasteiger partial charge is 0.410 e. The molecule has 2 N–H and O–H groups in total. The fraction of sp³-hybridized carbons (Fsp3) is 0.632. The molecule has 0 unspecified atom stereocenters. The second-order valence-electron chi connectivity index (χ2n) is 7.09. The van der Waals surface area contributed by atoms with E-state index in [1.807, 2.05) is 39.8 Å². The van der Waals surface area contributed by atoms with E-state index in [0.29, 0.717) is 36.9 Å². The molecule has 1 saturated heterocycles. The quantitative estimate of drug-likeness (QED) is 0.737. The van der Waals surface area contributed by atoms with Crippen LogP contribution in [0.3, 0.4) is 0 Å². The molecule has 1 aliphatic heterocycles. The van der Waals surface area contributed by atoms with Gasteiger partial charge >= 0.3 is 6.09 Å². The Morgan fingerprint density at radius 3 is 2.24 bits per heavy atom. The van der Waals surface area contributed by atoms with Crippen LogP contribution in [0.25, 0.3) is 0 Å². The zero-order chi connectivity index (χ0) is 19.0. The minimum atomic E-state index is -0.484. The molecule has 6 heteroatoms. The molecule has 1 aliphatic rings. The molecular weight excluding hydrogens is 338 g/mol. The second-order valence-corrected chi connectivity index (χ2v) is 7.49. The average molecular weight is 370 g/mol. The lowest BCUT2D eigenvalue weighted by atomic mass is 10.2. The Kier molecular flexibility index (Phi) is 8.36. The Balaban J connectivity index is 2.82. The molecule has 0 aromatic heterocycles. The van der Waals surface area contributed by atoms with E-state index < -0.39 is 5.60 Å². The average Bonchev–Trinajstić information content (AvgIpc) is 2.54. The molecule has 0 aliphatic carbocycles. The minimum absolute atomic E-state index is 0.273. The second kappa shape index (κ2) is 9.76. The predicted molar refractivity (Wildman–Crippen MR) is 104 cm³/mol. The van der Waals surface area contributed by atoms with Gasteiger partial charge in [-0.3, -0.25) is 0 Å². The van der Waals surface area contributed by atoms with Crippen molar-refractivity contribution in [2.24, 2.45) is 5.73 Å². The zero-order valence-corrected chi connectivity index (χ0v) is 16.9. The highest BCUT2D eigenvalue weighted by Crippen LogP contribution is 2.23. The number of hydrogen-bond acceptors (Lipinski definition) is 4. The van der Waals surface area contributed by atoms with E-state index in [1.54, 1.807) is 4.90 Å². The molecule has 142 valence electrons. The van der Waals surface area contributed by atoms with Gasteiger partial charge in [0, 0.05) is 26.2 Å². The van der Waals surface area contributed by atoms with Crippen LogP contribution in [0, 0.1) is 0 Å². The maximum Gasteiger partial charge on any atom is 0.410 e. The lowest BCUT2D eigenvalue weighted by Gasteiger charge is -2.38. The van der Waals surface area contributed by atoms with Crippen LogP contribution in [-0.2, 0) is 4.74 Å². The van der Waals surface area contributed by atoms with Crippen LogP contribution in [0.2, 0.25) is 0 Å². The molecule has 0 saturated carbocycles. The van der Waals surface area contributed by atoms with Crippen LogP contribution in [0.5, 0.6) is 0 Å². The molecule has 0 bridgehead atoms. The first kappa shape index (κ1) is 21.4. The van der Waals surface area contributed by atoms with Crippen LogP contribution in [-0.4, -0.2) is 47.7 Å². The Bertz CT molecular complexity index is 539. The first-order valence-electron chi connectivity index (χ1n) is 8.91. The van der Waals surface area contributed by atoms with Gasteiger partial charge in [-0.05, 0) is 40.2 Å². The van der Waals surface area contributed by atoms with Gasteiger partial charge in [0.05, 0.1) is 16.4 Å². The summed E-state index contributed by atoms with van der Waals surface area (Å²) in [7, 11) is 0. The molecule has 1 amide bonds. The summed E-state index contributed by atoms with van der Waals surface area (Å²) in [5.74, 6) is 0. The van der Waals surface area contributed by atoms with E-state index in [-0.39, 0.29) is 6.09 Å². The van der Waals surface area contributed by atoms with Gasteiger partial charge in [-0.1, -0.05) is 37.1 Å². The highest BCUT2D eigenvalue weighted by atomic mass is 35.5. The largest absolute Gasteiger partial charge is 0.444 e. The van der Waals surface area contributed by atoms with Crippen LogP contribution in [0.15, 0.2) is 34.7 Å². The van der Waals surface area contributed by atoms with Crippen molar-refractivity contribution in [1.82, 2.24) is 9.80 Å². The lowest BCUT2D eigenvalue weighted by Crippen LogP contribution is -2.50. The van der Waals surface area contributed by atoms with E-state index in [0.717, 1.165) is 18.5 Å². The first-order chi connectivity index (χ1) is 11.7. The third-order valence-corrected chi connectivity index (χ3v) is 4.08. The van der Waals surface area contributed by atoms with Gasteiger partial charge in [-0.25, -0.2) is 4.79 Å². The molecule has 1 heterocycles. The SMILES string of the molecule is C\C=C(N)/C(=C(Cl)\C=C\CCC)N1CCN(C(=O)OC(C)(C)C)CC1. The highest BCUT2D eigenvalue weighted by Gasteiger charge is 2.27. The molecule has 25 heavy (non-hydrogen) atoms. The number of hydrogen-bond donors (Lipinski definition) is 1. The number of halogens is 1. The van der Waals surface area contributed by atoms with Gasteiger partial charge in [0.1, 0.15) is 5.60 Å². The van der Waals surface area contributed by atoms with Crippen LogP contribution < -0.4 is 5.73 Å². The van der Waals surface area contributed by atoms with Crippen molar-refractivity contribution in [3.63, 3.8) is 0 Å². The third kappa shape index (κ3) is 7.02. The van der Waals surface area contributed by atoms with Crippen molar-refractivity contribution in [2.45, 2.75) is 53.1 Å². The van der Waals surface area contributed by atoms with Gasteiger partial charge in [0.25, 0.3) is 0 Å². The summed E-state index contributed by atoms with van der Waals surface area (Å²) in [6, 6.07) is 0. The maximum absolute atomic E-state index is 12.2. The number of allylic oxidation sites excluding steroid dienone is 4. The van der Waals surface area contributed by atoms with Gasteiger partial charge in [0.2, 0.25) is 0 Å². The summed E-state index contributed by atoms with van der Waals surface area (Å²) >= 11 is 6.50. The van der Waals surface area contributed by atoms with E-state index in [4.69, 9.17) is 22.1 Å². The molecule has 0 radical (unpaired) electrons. The van der Waals surface area contributed by atoms with Crippen molar-refractivity contribution in [2.75, 3.05) is 26.2 Å². The molecule has 0 atom stereocenters. The van der Waals surface area contributed by atoms with Gasteiger partial charge in [-0.15, -0.1) is 0 Å². The summed E-state index contributed by atoms with van der Waals surface area (Å²) < 4.78 is 5.44. The first-order valence-corrected chi connectivity index (χ1v) is 9.28. The number of piperazine rings is 1. The van der Waals surface area contributed by atoms with E-state index in [9.17, 15) is 4.79 Å². The number of ether oxygens (including phenoxy) is 1. The predicted octanol–water partition coefficient (Wildman–Crippen LogP) is 4.21. The van der Waals surface area contributed by atoms with Gasteiger partial charge in [0.15, 0.2) is 0 Å². The number of rotatable bonds is 5. The molecule has 1 rings (SSSR count). The lowest BCUT2D eigenvalue weighted by molar-refractivity contribution is 0.0170. The van der Waals surface area contributed by atoms with Crippen molar-refractivity contribution in [1.29, 1.82) is 0 Å². The number of amides is 1. The monoisotopic (exact) mass is 369 g/mol. The normalized spacial score (nSPS) is 17.8. The number of nitrogens with zero attached hydrogens (tertiary/aromatic N) is 2. The third-order valence-electron chi connectivity index (χ3n) is 3.78. The molecule has 5 nitrogen and oxygen atoms in total. The maximum atomic E-state index is 12.2. The Labute approximate surface area is 157 Å².